The molecule has 4 heteroatoms. The predicted molar refractivity (Wildman–Crippen MR) is 82.8 cm³/mol. The highest BCUT2D eigenvalue weighted by Gasteiger charge is 2.24. The fourth-order valence-electron chi connectivity index (χ4n) is 2.97. The number of anilines is 1. The van der Waals surface area contributed by atoms with Crippen LogP contribution in [0.5, 0.6) is 0 Å². The first-order valence-electron chi connectivity index (χ1n) is 7.57. The second kappa shape index (κ2) is 6.45. The molecule has 108 valence electrons. The van der Waals surface area contributed by atoms with Gasteiger partial charge in [-0.25, -0.2) is 0 Å². The van der Waals surface area contributed by atoms with Crippen LogP contribution in [0.1, 0.15) is 31.2 Å². The minimum absolute atomic E-state index is 0.122. The largest absolute Gasteiger partial charge is 0.378 e. The highest BCUT2D eigenvalue weighted by atomic mass is 15.3. The van der Waals surface area contributed by atoms with E-state index in [9.17, 15) is 5.26 Å². The molecule has 2 unspecified atom stereocenters. The van der Waals surface area contributed by atoms with E-state index >= 15 is 0 Å². The first kappa shape index (κ1) is 13.7. The Balaban J connectivity index is 1.64. The molecule has 1 aromatic heterocycles. The molecule has 0 radical (unpaired) electrons. The Bertz CT molecular complexity index is 611. The van der Waals surface area contributed by atoms with E-state index < -0.39 is 0 Å². The zero-order chi connectivity index (χ0) is 14.5. The van der Waals surface area contributed by atoms with Gasteiger partial charge in [-0.15, -0.1) is 0 Å². The van der Waals surface area contributed by atoms with E-state index in [1.54, 1.807) is 0 Å². The molecule has 1 fully saturated rings. The molecule has 0 aliphatic heterocycles. The maximum atomic E-state index is 9.23. The van der Waals surface area contributed by atoms with Gasteiger partial charge in [-0.05, 0) is 18.4 Å². The lowest BCUT2D eigenvalue weighted by Gasteiger charge is -2.27. The van der Waals surface area contributed by atoms with Gasteiger partial charge in [-0.1, -0.05) is 43.2 Å². The van der Waals surface area contributed by atoms with Crippen molar-refractivity contribution in [1.29, 1.82) is 5.26 Å². The lowest BCUT2D eigenvalue weighted by molar-refractivity contribution is 0.389. The number of hydrogen-bond donors (Lipinski definition) is 1. The number of nitrogens with zero attached hydrogens (tertiary/aromatic N) is 3. The van der Waals surface area contributed by atoms with E-state index in [0.717, 1.165) is 25.1 Å². The zero-order valence-electron chi connectivity index (χ0n) is 12.1. The van der Waals surface area contributed by atoms with Crippen LogP contribution in [0.3, 0.4) is 0 Å². The molecule has 4 nitrogen and oxygen atoms in total. The van der Waals surface area contributed by atoms with E-state index in [0.29, 0.717) is 0 Å². The molecule has 1 heterocycles. The fourth-order valence-corrected chi connectivity index (χ4v) is 2.97. The van der Waals surface area contributed by atoms with E-state index in [1.807, 2.05) is 35.3 Å². The third-order valence-electron chi connectivity index (χ3n) is 4.10. The number of nitriles is 1. The average molecular weight is 280 g/mol. The molecule has 21 heavy (non-hydrogen) atoms. The topological polar surface area (TPSA) is 53.6 Å². The van der Waals surface area contributed by atoms with E-state index in [4.69, 9.17) is 0 Å². The van der Waals surface area contributed by atoms with Crippen molar-refractivity contribution >= 4 is 5.69 Å². The molecular weight excluding hydrogens is 260 g/mol. The molecule has 2 aromatic rings. The van der Waals surface area contributed by atoms with Gasteiger partial charge in [-0.2, -0.15) is 10.4 Å². The van der Waals surface area contributed by atoms with E-state index in [2.05, 4.69) is 28.6 Å². The standard InChI is InChI=1S/C17H20N4/c18-10-15-8-4-5-9-17(15)20-16-11-19-21(13-16)12-14-6-2-1-3-7-14/h1-3,6-7,11,13,15,17,20H,4-5,8-9,12H2. The highest BCUT2D eigenvalue weighted by molar-refractivity contribution is 5.40. The Morgan fingerprint density at radius 2 is 2.05 bits per heavy atom. The van der Waals surface area contributed by atoms with Crippen molar-refractivity contribution < 1.29 is 0 Å². The summed E-state index contributed by atoms with van der Waals surface area (Å²) in [7, 11) is 0. The van der Waals surface area contributed by atoms with Crippen LogP contribution >= 0.6 is 0 Å². The Labute approximate surface area is 125 Å². The van der Waals surface area contributed by atoms with Crippen LogP contribution in [-0.2, 0) is 6.54 Å². The van der Waals surface area contributed by atoms with Crippen LogP contribution in [0.4, 0.5) is 5.69 Å². The van der Waals surface area contributed by atoms with Crippen LogP contribution in [0.25, 0.3) is 0 Å². The number of hydrogen-bond acceptors (Lipinski definition) is 3. The first-order chi connectivity index (χ1) is 10.3. The van der Waals surface area contributed by atoms with Gasteiger partial charge >= 0.3 is 0 Å². The van der Waals surface area contributed by atoms with Crippen molar-refractivity contribution in [2.24, 2.45) is 5.92 Å². The summed E-state index contributed by atoms with van der Waals surface area (Å²) >= 11 is 0. The van der Waals surface area contributed by atoms with Gasteiger partial charge in [0.1, 0.15) is 0 Å². The SMILES string of the molecule is N#CC1CCCCC1Nc1cnn(Cc2ccccc2)c1. The number of benzene rings is 1. The maximum Gasteiger partial charge on any atom is 0.0729 e. The average Bonchev–Trinajstić information content (AvgIpc) is 2.96. The molecule has 1 N–H and O–H groups in total. The Morgan fingerprint density at radius 3 is 2.86 bits per heavy atom. The van der Waals surface area contributed by atoms with Gasteiger partial charge in [0.2, 0.25) is 0 Å². The molecule has 1 aliphatic carbocycles. The summed E-state index contributed by atoms with van der Waals surface area (Å²) in [6, 6.07) is 13.0. The lowest BCUT2D eigenvalue weighted by Crippen LogP contribution is -2.31. The molecule has 0 bridgehead atoms. The number of aromatic nitrogens is 2. The van der Waals surface area contributed by atoms with Crippen LogP contribution in [0.2, 0.25) is 0 Å². The first-order valence-corrected chi connectivity index (χ1v) is 7.57. The Morgan fingerprint density at radius 1 is 1.24 bits per heavy atom. The molecule has 0 saturated heterocycles. The molecule has 1 aliphatic rings. The Hall–Kier alpha value is -2.28. The van der Waals surface area contributed by atoms with E-state index in [1.165, 1.54) is 18.4 Å². The third kappa shape index (κ3) is 3.43. The van der Waals surface area contributed by atoms with Crippen LogP contribution in [-0.4, -0.2) is 15.8 Å². The summed E-state index contributed by atoms with van der Waals surface area (Å²) in [4.78, 5) is 0. The predicted octanol–water partition coefficient (Wildman–Crippen LogP) is 3.43. The lowest BCUT2D eigenvalue weighted by atomic mass is 9.85. The minimum atomic E-state index is 0.122. The van der Waals surface area contributed by atoms with Crippen molar-refractivity contribution in [1.82, 2.24) is 9.78 Å². The zero-order valence-corrected chi connectivity index (χ0v) is 12.1. The normalized spacial score (nSPS) is 21.7. The minimum Gasteiger partial charge on any atom is -0.378 e. The van der Waals surface area contributed by atoms with Gasteiger partial charge in [0, 0.05) is 12.2 Å². The van der Waals surface area contributed by atoms with Crippen LogP contribution in [0, 0.1) is 17.2 Å². The summed E-state index contributed by atoms with van der Waals surface area (Å²) in [6.07, 6.45) is 8.33. The molecule has 1 saturated carbocycles. The maximum absolute atomic E-state index is 9.23. The molecule has 0 spiro atoms. The van der Waals surface area contributed by atoms with Gasteiger partial charge in [0.15, 0.2) is 0 Å². The molecule has 2 atom stereocenters. The molecule has 3 rings (SSSR count). The second-order valence-corrected chi connectivity index (χ2v) is 5.68. The molecule has 0 amide bonds. The third-order valence-corrected chi connectivity index (χ3v) is 4.10. The van der Waals surface area contributed by atoms with Crippen LogP contribution < -0.4 is 5.32 Å². The monoisotopic (exact) mass is 280 g/mol. The summed E-state index contributed by atoms with van der Waals surface area (Å²) < 4.78 is 1.93. The molecule has 1 aromatic carbocycles. The summed E-state index contributed by atoms with van der Waals surface area (Å²) in [5, 5.41) is 17.1. The second-order valence-electron chi connectivity index (χ2n) is 5.68. The van der Waals surface area contributed by atoms with Gasteiger partial charge in [0.25, 0.3) is 0 Å². The van der Waals surface area contributed by atoms with Gasteiger partial charge < -0.3 is 5.32 Å². The van der Waals surface area contributed by atoms with Gasteiger partial charge in [-0.3, -0.25) is 4.68 Å². The highest BCUT2D eigenvalue weighted by Crippen LogP contribution is 2.26. The smallest absolute Gasteiger partial charge is 0.0729 e. The van der Waals surface area contributed by atoms with Crippen molar-refractivity contribution in [3.8, 4) is 6.07 Å². The van der Waals surface area contributed by atoms with Crippen molar-refractivity contribution in [3.63, 3.8) is 0 Å². The van der Waals surface area contributed by atoms with Gasteiger partial charge in [0.05, 0.1) is 30.4 Å². The van der Waals surface area contributed by atoms with Crippen molar-refractivity contribution in [2.45, 2.75) is 38.3 Å². The van der Waals surface area contributed by atoms with Crippen molar-refractivity contribution in [2.75, 3.05) is 5.32 Å². The number of rotatable bonds is 4. The van der Waals surface area contributed by atoms with Crippen molar-refractivity contribution in [3.05, 3.63) is 48.3 Å². The summed E-state index contributed by atoms with van der Waals surface area (Å²) in [5.41, 5.74) is 2.25. The van der Waals surface area contributed by atoms with Crippen LogP contribution in [0.15, 0.2) is 42.7 Å². The summed E-state index contributed by atoms with van der Waals surface area (Å²) in [6.45, 7) is 0.773. The van der Waals surface area contributed by atoms with E-state index in [-0.39, 0.29) is 12.0 Å². The summed E-state index contributed by atoms with van der Waals surface area (Å²) in [5.74, 6) is 0.122. The molecular formula is C17H20N4. The quantitative estimate of drug-likeness (QED) is 0.933. The Kier molecular flexibility index (Phi) is 4.20. The number of nitrogens with one attached hydrogen (secondary N) is 1. The fraction of sp³-hybridized carbons (Fsp3) is 0.412.